The molecule has 2 aliphatic rings. The Kier molecular flexibility index (Phi) is 3.24. The molecule has 1 aromatic rings. The van der Waals surface area contributed by atoms with Gasteiger partial charge in [-0.1, -0.05) is 0 Å². The van der Waals surface area contributed by atoms with Crippen molar-refractivity contribution in [3.8, 4) is 17.2 Å². The summed E-state index contributed by atoms with van der Waals surface area (Å²) in [6, 6.07) is 3.34. The smallest absolute Gasteiger partial charge is 0.200 e. The largest absolute Gasteiger partial charge is 0.504 e. The maximum atomic E-state index is 10.1. The Morgan fingerprint density at radius 2 is 1.74 bits per heavy atom. The van der Waals surface area contributed by atoms with E-state index >= 15 is 0 Å². The van der Waals surface area contributed by atoms with Gasteiger partial charge in [0.05, 0.1) is 0 Å². The van der Waals surface area contributed by atoms with Gasteiger partial charge in [-0.3, -0.25) is 4.90 Å². The second-order valence-electron chi connectivity index (χ2n) is 5.44. The molecule has 5 heteroatoms. The first-order chi connectivity index (χ1) is 9.18. The fourth-order valence-corrected chi connectivity index (χ4v) is 2.94. The van der Waals surface area contributed by atoms with Gasteiger partial charge in [-0.05, 0) is 30.9 Å². The van der Waals surface area contributed by atoms with Crippen molar-refractivity contribution in [3.05, 3.63) is 17.7 Å². The van der Waals surface area contributed by atoms with E-state index in [4.69, 9.17) is 0 Å². The number of phenols is 3. The minimum absolute atomic E-state index is 0.147. The van der Waals surface area contributed by atoms with Gasteiger partial charge in [0.1, 0.15) is 0 Å². The number of hydrogen-bond donors (Lipinski definition) is 4. The summed E-state index contributed by atoms with van der Waals surface area (Å²) < 4.78 is 0. The SMILES string of the molecule is Oc1ccc([C@H](C2CC2)N2CCNCC2)c(O)c1O. The first-order valence-electron chi connectivity index (χ1n) is 6.87. The van der Waals surface area contributed by atoms with Gasteiger partial charge in [0.25, 0.3) is 0 Å². The number of hydrogen-bond acceptors (Lipinski definition) is 5. The Morgan fingerprint density at radius 3 is 2.37 bits per heavy atom. The Balaban J connectivity index is 1.93. The van der Waals surface area contributed by atoms with Crippen molar-refractivity contribution in [1.29, 1.82) is 0 Å². The minimum Gasteiger partial charge on any atom is -0.504 e. The lowest BCUT2D eigenvalue weighted by atomic mass is 9.98. The molecule has 1 saturated carbocycles. The van der Waals surface area contributed by atoms with Crippen LogP contribution in [0.25, 0.3) is 0 Å². The maximum Gasteiger partial charge on any atom is 0.200 e. The van der Waals surface area contributed by atoms with Gasteiger partial charge in [0.15, 0.2) is 11.5 Å². The maximum absolute atomic E-state index is 10.1. The van der Waals surface area contributed by atoms with Crippen LogP contribution in [0.3, 0.4) is 0 Å². The zero-order valence-corrected chi connectivity index (χ0v) is 10.8. The zero-order chi connectivity index (χ0) is 13.4. The first kappa shape index (κ1) is 12.6. The number of phenolic OH excluding ortho intramolecular Hbond substituents is 3. The first-order valence-corrected chi connectivity index (χ1v) is 6.87. The van der Waals surface area contributed by atoms with Crippen molar-refractivity contribution < 1.29 is 15.3 Å². The topological polar surface area (TPSA) is 76.0 Å². The molecule has 2 fully saturated rings. The van der Waals surface area contributed by atoms with Crippen LogP contribution >= 0.6 is 0 Å². The highest BCUT2D eigenvalue weighted by Gasteiger charge is 2.38. The number of nitrogens with zero attached hydrogens (tertiary/aromatic N) is 1. The normalized spacial score (nSPS) is 22.3. The summed E-state index contributed by atoms with van der Waals surface area (Å²) in [5.74, 6) is -0.294. The average Bonchev–Trinajstić information content (AvgIpc) is 3.25. The zero-order valence-electron chi connectivity index (χ0n) is 10.8. The summed E-state index contributed by atoms with van der Waals surface area (Å²) in [6.45, 7) is 3.80. The van der Waals surface area contributed by atoms with Crippen LogP contribution in [0.15, 0.2) is 12.1 Å². The third-order valence-corrected chi connectivity index (χ3v) is 4.09. The monoisotopic (exact) mass is 264 g/mol. The summed E-state index contributed by atoms with van der Waals surface area (Å²) >= 11 is 0. The van der Waals surface area contributed by atoms with Gasteiger partial charge in [-0.25, -0.2) is 0 Å². The fraction of sp³-hybridized carbons (Fsp3) is 0.571. The third kappa shape index (κ3) is 2.35. The van der Waals surface area contributed by atoms with Gasteiger partial charge in [-0.15, -0.1) is 0 Å². The predicted octanol–water partition coefficient (Wildman–Crippen LogP) is 1.16. The van der Waals surface area contributed by atoms with E-state index in [0.29, 0.717) is 5.92 Å². The molecule has 0 bridgehead atoms. The molecule has 1 aliphatic carbocycles. The number of piperazine rings is 1. The van der Waals surface area contributed by atoms with E-state index in [-0.39, 0.29) is 17.5 Å². The molecule has 0 unspecified atom stereocenters. The van der Waals surface area contributed by atoms with Gasteiger partial charge >= 0.3 is 0 Å². The van der Waals surface area contributed by atoms with Crippen molar-refractivity contribution in [2.24, 2.45) is 5.92 Å². The fourth-order valence-electron chi connectivity index (χ4n) is 2.94. The van der Waals surface area contributed by atoms with E-state index in [1.807, 2.05) is 0 Å². The molecule has 1 aromatic carbocycles. The highest BCUT2D eigenvalue weighted by atomic mass is 16.3. The van der Waals surface area contributed by atoms with Crippen molar-refractivity contribution in [2.45, 2.75) is 18.9 Å². The summed E-state index contributed by atoms with van der Waals surface area (Å²) in [5.41, 5.74) is 0.736. The standard InChI is InChI=1S/C14H20N2O3/c17-11-4-3-10(13(18)14(11)19)12(9-1-2-9)16-7-5-15-6-8-16/h3-4,9,12,15,17-19H,1-2,5-8H2/t12-/m0/s1. The Morgan fingerprint density at radius 1 is 1.05 bits per heavy atom. The molecule has 0 radical (unpaired) electrons. The van der Waals surface area contributed by atoms with E-state index in [2.05, 4.69) is 10.2 Å². The lowest BCUT2D eigenvalue weighted by molar-refractivity contribution is 0.153. The number of rotatable bonds is 3. The highest BCUT2D eigenvalue weighted by Crippen LogP contribution is 2.50. The Bertz CT molecular complexity index is 468. The molecule has 1 saturated heterocycles. The molecule has 0 aromatic heterocycles. The van der Waals surface area contributed by atoms with Crippen molar-refractivity contribution in [3.63, 3.8) is 0 Å². The van der Waals surface area contributed by atoms with Gasteiger partial charge < -0.3 is 20.6 Å². The molecular formula is C14H20N2O3. The summed E-state index contributed by atoms with van der Waals surface area (Å²) in [7, 11) is 0. The molecule has 104 valence electrons. The van der Waals surface area contributed by atoms with Gasteiger partial charge in [-0.2, -0.15) is 0 Å². The van der Waals surface area contributed by atoms with E-state index < -0.39 is 5.75 Å². The van der Waals surface area contributed by atoms with E-state index in [0.717, 1.165) is 44.6 Å². The molecule has 1 atom stereocenters. The molecule has 5 nitrogen and oxygen atoms in total. The molecule has 3 rings (SSSR count). The lowest BCUT2D eigenvalue weighted by Crippen LogP contribution is -2.45. The molecule has 0 spiro atoms. The molecule has 19 heavy (non-hydrogen) atoms. The summed E-state index contributed by atoms with van der Waals surface area (Å²) in [4.78, 5) is 2.36. The number of aromatic hydroxyl groups is 3. The van der Waals surface area contributed by atoms with Gasteiger partial charge in [0.2, 0.25) is 5.75 Å². The Hall–Kier alpha value is -1.46. The quantitative estimate of drug-likeness (QED) is 0.616. The molecule has 1 heterocycles. The molecular weight excluding hydrogens is 244 g/mol. The molecule has 0 amide bonds. The van der Waals surface area contributed by atoms with Crippen molar-refractivity contribution in [1.82, 2.24) is 10.2 Å². The van der Waals surface area contributed by atoms with Gasteiger partial charge in [0, 0.05) is 37.8 Å². The number of benzene rings is 1. The molecule has 1 aliphatic heterocycles. The van der Waals surface area contributed by atoms with E-state index in [9.17, 15) is 15.3 Å². The van der Waals surface area contributed by atoms with Crippen molar-refractivity contribution in [2.75, 3.05) is 26.2 Å². The second kappa shape index (κ2) is 4.90. The minimum atomic E-state index is -0.404. The van der Waals surface area contributed by atoms with Crippen LogP contribution < -0.4 is 5.32 Å². The van der Waals surface area contributed by atoms with Crippen LogP contribution in [-0.2, 0) is 0 Å². The van der Waals surface area contributed by atoms with Crippen LogP contribution in [0.1, 0.15) is 24.4 Å². The van der Waals surface area contributed by atoms with Crippen LogP contribution in [-0.4, -0.2) is 46.4 Å². The lowest BCUT2D eigenvalue weighted by Gasteiger charge is -2.35. The Labute approximate surface area is 112 Å². The summed E-state index contributed by atoms with van der Waals surface area (Å²) in [5, 5.41) is 32.6. The third-order valence-electron chi connectivity index (χ3n) is 4.09. The van der Waals surface area contributed by atoms with Crippen LogP contribution in [0.5, 0.6) is 17.2 Å². The van der Waals surface area contributed by atoms with Crippen molar-refractivity contribution >= 4 is 0 Å². The average molecular weight is 264 g/mol. The highest BCUT2D eigenvalue weighted by molar-refractivity contribution is 5.54. The van der Waals surface area contributed by atoms with Crippen LogP contribution in [0.4, 0.5) is 0 Å². The molecule has 4 N–H and O–H groups in total. The second-order valence-corrected chi connectivity index (χ2v) is 5.44. The van der Waals surface area contributed by atoms with E-state index in [1.54, 1.807) is 6.07 Å². The number of nitrogens with one attached hydrogen (secondary N) is 1. The summed E-state index contributed by atoms with van der Waals surface area (Å²) in [6.07, 6.45) is 2.32. The van der Waals surface area contributed by atoms with Crippen LogP contribution in [0.2, 0.25) is 0 Å². The predicted molar refractivity (Wildman–Crippen MR) is 71.3 cm³/mol. The van der Waals surface area contributed by atoms with E-state index in [1.165, 1.54) is 6.07 Å². The van der Waals surface area contributed by atoms with Crippen LogP contribution in [0, 0.1) is 5.92 Å².